The molecule has 2 saturated heterocycles. The van der Waals surface area contributed by atoms with Gasteiger partial charge in [-0.3, -0.25) is 14.9 Å². The van der Waals surface area contributed by atoms with Crippen LogP contribution in [0.15, 0.2) is 23.2 Å². The predicted molar refractivity (Wildman–Crippen MR) is 116 cm³/mol. The second kappa shape index (κ2) is 10.2. The zero-order valence-corrected chi connectivity index (χ0v) is 18.0. The molecule has 3 aliphatic rings. The molecule has 3 aliphatic heterocycles. The predicted octanol–water partition coefficient (Wildman–Crippen LogP) is 0.935. The highest BCUT2D eigenvalue weighted by Crippen LogP contribution is 2.32. The monoisotopic (exact) mass is 440 g/mol. The number of amides is 2. The van der Waals surface area contributed by atoms with Crippen LogP contribution in [0.5, 0.6) is 11.5 Å². The van der Waals surface area contributed by atoms with Crippen molar-refractivity contribution in [3.05, 3.63) is 23.8 Å². The van der Waals surface area contributed by atoms with Crippen LogP contribution in [0.2, 0.25) is 0 Å². The minimum atomic E-state index is -0.541. The van der Waals surface area contributed by atoms with Crippen molar-refractivity contribution in [2.24, 2.45) is 4.99 Å². The summed E-state index contributed by atoms with van der Waals surface area (Å²) in [5.41, 5.74) is 0.887. The highest BCUT2D eigenvalue weighted by Gasteiger charge is 2.30. The maximum absolute atomic E-state index is 13.1. The molecule has 1 atom stereocenters. The Bertz CT molecular complexity index is 921. The van der Waals surface area contributed by atoms with E-state index in [1.807, 2.05) is 29.3 Å². The van der Waals surface area contributed by atoms with Gasteiger partial charge in [0.15, 0.2) is 17.7 Å². The number of likely N-dealkylation sites (tertiary alicyclic amines) is 2. The normalized spacial score (nSPS) is 20.7. The van der Waals surface area contributed by atoms with Gasteiger partial charge in [-0.2, -0.15) is 5.26 Å². The number of nitrogens with one attached hydrogen (secondary N) is 2. The van der Waals surface area contributed by atoms with Crippen molar-refractivity contribution in [1.82, 2.24) is 20.4 Å². The number of aliphatic imine (C=N–C) groups is 1. The van der Waals surface area contributed by atoms with Crippen LogP contribution in [0.1, 0.15) is 37.7 Å². The Hall–Kier alpha value is -3.48. The summed E-state index contributed by atoms with van der Waals surface area (Å²) in [7, 11) is 0. The van der Waals surface area contributed by atoms with E-state index in [4.69, 9.17) is 14.7 Å². The Morgan fingerprint density at radius 3 is 2.75 bits per heavy atom. The summed E-state index contributed by atoms with van der Waals surface area (Å²) in [6.07, 6.45) is 6.22. The molecule has 170 valence electrons. The average molecular weight is 441 g/mol. The number of nitrogens with zero attached hydrogens (tertiary/aromatic N) is 4. The Kier molecular flexibility index (Phi) is 6.94. The van der Waals surface area contributed by atoms with Crippen molar-refractivity contribution in [2.45, 2.75) is 44.7 Å². The fourth-order valence-corrected chi connectivity index (χ4v) is 4.17. The van der Waals surface area contributed by atoms with E-state index in [1.54, 1.807) is 4.90 Å². The van der Waals surface area contributed by atoms with Gasteiger partial charge in [-0.15, -0.1) is 0 Å². The highest BCUT2D eigenvalue weighted by atomic mass is 16.7. The van der Waals surface area contributed by atoms with Crippen LogP contribution in [0.4, 0.5) is 0 Å². The third kappa shape index (κ3) is 5.22. The quantitative estimate of drug-likeness (QED) is 0.303. The molecule has 3 heterocycles. The first-order chi connectivity index (χ1) is 15.6. The number of carbonyl (C=O) groups excluding carboxylic acids is 2. The molecule has 0 spiro atoms. The summed E-state index contributed by atoms with van der Waals surface area (Å²) in [5, 5.41) is 14.8. The topological polar surface area (TPSA) is 119 Å². The van der Waals surface area contributed by atoms with Gasteiger partial charge >= 0.3 is 0 Å². The van der Waals surface area contributed by atoms with Crippen LogP contribution in [0, 0.1) is 11.5 Å². The third-order valence-corrected chi connectivity index (χ3v) is 5.91. The lowest BCUT2D eigenvalue weighted by atomic mass is 10.1. The summed E-state index contributed by atoms with van der Waals surface area (Å²) in [5.74, 6) is 1.46. The summed E-state index contributed by atoms with van der Waals surface area (Å²) in [6.45, 7) is 2.70. The Labute approximate surface area is 187 Å². The molecular weight excluding hydrogens is 412 g/mol. The molecule has 1 aromatic rings. The molecule has 0 aromatic heterocycles. The van der Waals surface area contributed by atoms with Gasteiger partial charge in [0, 0.05) is 19.6 Å². The second-order valence-corrected chi connectivity index (χ2v) is 8.13. The maximum Gasteiger partial charge on any atom is 0.245 e. The molecule has 1 unspecified atom stereocenters. The molecule has 2 fully saturated rings. The Morgan fingerprint density at radius 2 is 1.94 bits per heavy atom. The molecule has 0 bridgehead atoms. The lowest BCUT2D eigenvalue weighted by molar-refractivity contribution is -0.140. The van der Waals surface area contributed by atoms with Gasteiger partial charge in [0.2, 0.25) is 24.6 Å². The number of benzene rings is 1. The minimum Gasteiger partial charge on any atom is -0.454 e. The second-order valence-electron chi connectivity index (χ2n) is 8.13. The molecule has 10 heteroatoms. The van der Waals surface area contributed by atoms with Crippen LogP contribution in [0.3, 0.4) is 0 Å². The first-order valence-corrected chi connectivity index (χ1v) is 11.1. The van der Waals surface area contributed by atoms with Crippen molar-refractivity contribution in [2.75, 3.05) is 33.0 Å². The van der Waals surface area contributed by atoms with Crippen LogP contribution in [0.25, 0.3) is 0 Å². The molecular formula is C22H28N6O4. The van der Waals surface area contributed by atoms with Crippen molar-refractivity contribution in [3.8, 4) is 17.7 Å². The van der Waals surface area contributed by atoms with Gasteiger partial charge in [-0.1, -0.05) is 6.07 Å². The van der Waals surface area contributed by atoms with E-state index in [1.165, 1.54) is 0 Å². The van der Waals surface area contributed by atoms with Crippen LogP contribution in [-0.4, -0.2) is 66.6 Å². The summed E-state index contributed by atoms with van der Waals surface area (Å²) < 4.78 is 10.7. The first kappa shape index (κ1) is 21.7. The third-order valence-electron chi connectivity index (χ3n) is 5.91. The first-order valence-electron chi connectivity index (χ1n) is 11.1. The summed E-state index contributed by atoms with van der Waals surface area (Å²) in [6, 6.07) is 5.00. The molecule has 10 nitrogen and oxygen atoms in total. The average Bonchev–Trinajstić information content (AvgIpc) is 3.47. The van der Waals surface area contributed by atoms with Gasteiger partial charge in [0.1, 0.15) is 6.04 Å². The van der Waals surface area contributed by atoms with E-state index >= 15 is 0 Å². The van der Waals surface area contributed by atoms with Crippen molar-refractivity contribution in [3.63, 3.8) is 0 Å². The Balaban J connectivity index is 1.40. The number of nitriles is 1. The van der Waals surface area contributed by atoms with Crippen LogP contribution < -0.4 is 20.1 Å². The van der Waals surface area contributed by atoms with Gasteiger partial charge in [0.05, 0.1) is 13.1 Å². The van der Waals surface area contributed by atoms with E-state index < -0.39 is 6.04 Å². The van der Waals surface area contributed by atoms with Gasteiger partial charge in [-0.25, -0.2) is 4.99 Å². The highest BCUT2D eigenvalue weighted by molar-refractivity contribution is 5.92. The fourth-order valence-electron chi connectivity index (χ4n) is 4.17. The van der Waals surface area contributed by atoms with Gasteiger partial charge in [0.25, 0.3) is 0 Å². The molecule has 32 heavy (non-hydrogen) atoms. The van der Waals surface area contributed by atoms with Crippen molar-refractivity contribution >= 4 is 17.8 Å². The van der Waals surface area contributed by atoms with E-state index in [2.05, 4.69) is 15.6 Å². The number of ether oxygens (including phenoxy) is 2. The lowest BCUT2D eigenvalue weighted by Gasteiger charge is -2.27. The van der Waals surface area contributed by atoms with Gasteiger partial charge in [-0.05, 0) is 49.8 Å². The minimum absolute atomic E-state index is 0.00310. The number of hydrogen-bond acceptors (Lipinski definition) is 6. The van der Waals surface area contributed by atoms with E-state index in [0.29, 0.717) is 31.0 Å². The zero-order valence-electron chi connectivity index (χ0n) is 18.0. The molecule has 4 rings (SSSR count). The van der Waals surface area contributed by atoms with Crippen molar-refractivity contribution in [1.29, 1.82) is 5.26 Å². The SMILES string of the molecule is N#CNC(=NCc1ccc2c(c1)OCO2)NC1CCCCN(CC(=O)N2CCCC2)C1=O. The molecule has 2 N–H and O–H groups in total. The number of hydrogen-bond donors (Lipinski definition) is 2. The Morgan fingerprint density at radius 1 is 1.16 bits per heavy atom. The molecule has 1 aromatic carbocycles. The molecule has 2 amide bonds. The molecule has 0 radical (unpaired) electrons. The number of fused-ring (bicyclic) bond motifs is 1. The van der Waals surface area contributed by atoms with Crippen LogP contribution >= 0.6 is 0 Å². The van der Waals surface area contributed by atoms with Gasteiger partial charge < -0.3 is 24.6 Å². The fraction of sp³-hybridized carbons (Fsp3) is 0.545. The van der Waals surface area contributed by atoms with Crippen LogP contribution in [-0.2, 0) is 16.1 Å². The summed E-state index contributed by atoms with van der Waals surface area (Å²) >= 11 is 0. The number of guanidine groups is 1. The smallest absolute Gasteiger partial charge is 0.245 e. The zero-order chi connectivity index (χ0) is 22.3. The molecule has 0 saturated carbocycles. The molecule has 0 aliphatic carbocycles. The summed E-state index contributed by atoms with van der Waals surface area (Å²) in [4.78, 5) is 33.6. The van der Waals surface area contributed by atoms with E-state index in [0.717, 1.165) is 44.3 Å². The largest absolute Gasteiger partial charge is 0.454 e. The standard InChI is InChI=1S/C22H28N6O4/c23-14-25-22(24-12-16-6-7-18-19(11-16)32-15-31-18)26-17-5-1-2-10-28(21(17)30)13-20(29)27-8-3-4-9-27/h6-7,11,17H,1-5,8-10,12-13,15H2,(H2,24,25,26). The van der Waals surface area contributed by atoms with E-state index in [9.17, 15) is 9.59 Å². The number of carbonyl (C=O) groups is 2. The lowest BCUT2D eigenvalue weighted by Crippen LogP contribution is -2.52. The maximum atomic E-state index is 13.1. The van der Waals surface area contributed by atoms with E-state index in [-0.39, 0.29) is 31.1 Å². The number of rotatable bonds is 5. The van der Waals surface area contributed by atoms with Crippen molar-refractivity contribution < 1.29 is 19.1 Å².